The number of likely N-dealkylation sites (tertiary alicyclic amines) is 1. The van der Waals surface area contributed by atoms with Crippen LogP contribution < -0.4 is 4.74 Å². The predicted molar refractivity (Wildman–Crippen MR) is 188 cm³/mol. The summed E-state index contributed by atoms with van der Waals surface area (Å²) >= 11 is 0. The van der Waals surface area contributed by atoms with Gasteiger partial charge in [0.15, 0.2) is 0 Å². The van der Waals surface area contributed by atoms with Crippen molar-refractivity contribution in [3.63, 3.8) is 0 Å². The van der Waals surface area contributed by atoms with Gasteiger partial charge in [0.05, 0.1) is 23.8 Å². The highest BCUT2D eigenvalue weighted by Crippen LogP contribution is 2.33. The molecule has 0 aliphatic carbocycles. The summed E-state index contributed by atoms with van der Waals surface area (Å²) in [5.41, 5.74) is 5.84. The summed E-state index contributed by atoms with van der Waals surface area (Å²) in [6.07, 6.45) is 3.25. The van der Waals surface area contributed by atoms with E-state index in [4.69, 9.17) is 14.7 Å². The monoisotopic (exact) mass is 650 g/mol. The van der Waals surface area contributed by atoms with Gasteiger partial charge in [0.2, 0.25) is 0 Å². The van der Waals surface area contributed by atoms with Gasteiger partial charge in [-0.2, -0.15) is 10.5 Å². The Balaban J connectivity index is 1.01. The zero-order valence-electron chi connectivity index (χ0n) is 29.3. The number of rotatable bonds is 10. The topological polar surface area (TPSA) is 97.8 Å². The molecule has 0 spiro atoms. The number of piperazine rings is 1. The highest BCUT2D eigenvalue weighted by molar-refractivity contribution is 5.75. The average Bonchev–Trinajstić information content (AvgIpc) is 3.31. The van der Waals surface area contributed by atoms with E-state index in [1.807, 2.05) is 56.9 Å². The first kappa shape index (κ1) is 35.0. The van der Waals surface area contributed by atoms with E-state index >= 15 is 0 Å². The van der Waals surface area contributed by atoms with Crippen LogP contribution in [0.25, 0.3) is 11.1 Å². The molecule has 1 amide bonds. The molecular formula is C39H50N6O3. The van der Waals surface area contributed by atoms with Crippen LogP contribution in [0.1, 0.15) is 68.1 Å². The van der Waals surface area contributed by atoms with Crippen molar-refractivity contribution in [2.45, 2.75) is 66.0 Å². The van der Waals surface area contributed by atoms with Gasteiger partial charge >= 0.3 is 6.09 Å². The fourth-order valence-corrected chi connectivity index (χ4v) is 6.87. The van der Waals surface area contributed by atoms with E-state index in [2.05, 4.69) is 45.6 Å². The van der Waals surface area contributed by atoms with E-state index in [1.165, 1.54) is 12.8 Å². The molecule has 2 aromatic carbocycles. The van der Waals surface area contributed by atoms with Crippen molar-refractivity contribution < 1.29 is 14.3 Å². The number of hydrogen-bond donors (Lipinski definition) is 0. The largest absolute Gasteiger partial charge is 0.494 e. The standard InChI is InChI=1S/C39H50N6O3/c1-29-36(26-41)37(34-11-7-31(25-40)8-12-34)30(2)45(29)28-32-9-13-35(14-10-32)47-24-6-17-42-18-15-33(16-19-42)27-43-20-22-44(23-21-43)38(46)48-39(3,4)5/h7-14,33H,6,15-24,27-28H2,1-5H3. The van der Waals surface area contributed by atoms with E-state index in [9.17, 15) is 10.1 Å². The quantitative estimate of drug-likeness (QED) is 0.228. The number of amides is 1. The van der Waals surface area contributed by atoms with Crippen molar-refractivity contribution in [3.05, 3.63) is 76.6 Å². The van der Waals surface area contributed by atoms with Gasteiger partial charge in [-0.1, -0.05) is 24.3 Å². The van der Waals surface area contributed by atoms with Crippen LogP contribution >= 0.6 is 0 Å². The maximum Gasteiger partial charge on any atom is 0.410 e. The molecule has 3 aromatic rings. The summed E-state index contributed by atoms with van der Waals surface area (Å²) in [5, 5.41) is 19.1. The Bertz CT molecular complexity index is 1610. The fourth-order valence-electron chi connectivity index (χ4n) is 6.87. The van der Waals surface area contributed by atoms with Gasteiger partial charge in [0, 0.05) is 62.8 Å². The second kappa shape index (κ2) is 15.7. The van der Waals surface area contributed by atoms with E-state index < -0.39 is 5.60 Å². The van der Waals surface area contributed by atoms with Crippen molar-refractivity contribution in [1.82, 2.24) is 19.3 Å². The zero-order chi connectivity index (χ0) is 34.3. The van der Waals surface area contributed by atoms with Crippen molar-refractivity contribution in [3.8, 4) is 29.0 Å². The summed E-state index contributed by atoms with van der Waals surface area (Å²) in [4.78, 5) is 19.3. The van der Waals surface area contributed by atoms with Gasteiger partial charge in [-0.3, -0.25) is 4.90 Å². The molecule has 9 heteroatoms. The van der Waals surface area contributed by atoms with Crippen molar-refractivity contribution in [2.75, 3.05) is 59.0 Å². The number of carbonyl (C=O) groups excluding carboxylic acids is 1. The minimum atomic E-state index is -0.449. The fraction of sp³-hybridized carbons (Fsp3) is 0.513. The maximum atomic E-state index is 12.4. The molecule has 0 saturated carbocycles. The minimum Gasteiger partial charge on any atom is -0.494 e. The molecule has 0 N–H and O–H groups in total. The van der Waals surface area contributed by atoms with Crippen LogP contribution in [0.15, 0.2) is 48.5 Å². The number of ether oxygens (including phenoxy) is 2. The first-order valence-corrected chi connectivity index (χ1v) is 17.3. The number of aromatic nitrogens is 1. The van der Waals surface area contributed by atoms with Crippen LogP contribution in [-0.4, -0.2) is 89.9 Å². The molecule has 2 aliphatic heterocycles. The number of nitrogens with zero attached hydrogens (tertiary/aromatic N) is 6. The van der Waals surface area contributed by atoms with Gasteiger partial charge in [0.25, 0.3) is 0 Å². The second-order valence-electron chi connectivity index (χ2n) is 14.2. The third-order valence-electron chi connectivity index (χ3n) is 9.60. The first-order valence-electron chi connectivity index (χ1n) is 17.3. The lowest BCUT2D eigenvalue weighted by Gasteiger charge is -2.39. The SMILES string of the molecule is Cc1c(C#N)c(-c2ccc(C#N)cc2)c(C)n1Cc1ccc(OCCCN2CCC(CN3CCN(C(=O)OC(C)(C)C)CC3)CC2)cc1. The number of nitriles is 2. The summed E-state index contributed by atoms with van der Waals surface area (Å²) in [7, 11) is 0. The summed E-state index contributed by atoms with van der Waals surface area (Å²) < 4.78 is 13.8. The third kappa shape index (κ3) is 8.98. The Morgan fingerprint density at radius 1 is 0.854 bits per heavy atom. The predicted octanol–water partition coefficient (Wildman–Crippen LogP) is 6.60. The molecule has 9 nitrogen and oxygen atoms in total. The Kier molecular flexibility index (Phi) is 11.5. The molecule has 48 heavy (non-hydrogen) atoms. The molecule has 2 fully saturated rings. The highest BCUT2D eigenvalue weighted by atomic mass is 16.6. The highest BCUT2D eigenvalue weighted by Gasteiger charge is 2.28. The van der Waals surface area contributed by atoms with E-state index in [-0.39, 0.29) is 6.09 Å². The van der Waals surface area contributed by atoms with Crippen LogP contribution in [0, 0.1) is 42.4 Å². The lowest BCUT2D eigenvalue weighted by Crippen LogP contribution is -2.51. The van der Waals surface area contributed by atoms with Gasteiger partial charge in [-0.05, 0) is 108 Å². The van der Waals surface area contributed by atoms with Crippen LogP contribution in [-0.2, 0) is 11.3 Å². The smallest absolute Gasteiger partial charge is 0.410 e. The second-order valence-corrected chi connectivity index (χ2v) is 14.2. The Labute approximate surface area is 286 Å². The molecule has 3 heterocycles. The number of carbonyl (C=O) groups is 1. The number of hydrogen-bond acceptors (Lipinski definition) is 7. The van der Waals surface area contributed by atoms with Crippen LogP contribution in [0.4, 0.5) is 4.79 Å². The van der Waals surface area contributed by atoms with E-state index in [0.29, 0.717) is 24.3 Å². The van der Waals surface area contributed by atoms with Crippen LogP contribution in [0.2, 0.25) is 0 Å². The molecule has 254 valence electrons. The van der Waals surface area contributed by atoms with Gasteiger partial charge in [-0.25, -0.2) is 4.79 Å². The molecule has 0 unspecified atom stereocenters. The van der Waals surface area contributed by atoms with Crippen LogP contribution in [0.3, 0.4) is 0 Å². The normalized spacial score (nSPS) is 16.4. The van der Waals surface area contributed by atoms with Gasteiger partial charge in [-0.15, -0.1) is 0 Å². The van der Waals surface area contributed by atoms with Crippen LogP contribution in [0.5, 0.6) is 5.75 Å². The Morgan fingerprint density at radius 2 is 1.52 bits per heavy atom. The lowest BCUT2D eigenvalue weighted by atomic mass is 9.96. The average molecular weight is 651 g/mol. The number of benzene rings is 2. The molecule has 2 saturated heterocycles. The van der Waals surface area contributed by atoms with E-state index in [0.717, 1.165) is 98.5 Å². The molecule has 5 rings (SSSR count). The zero-order valence-corrected chi connectivity index (χ0v) is 29.3. The Morgan fingerprint density at radius 3 is 2.12 bits per heavy atom. The first-order chi connectivity index (χ1) is 23.0. The van der Waals surface area contributed by atoms with Crippen molar-refractivity contribution >= 4 is 6.09 Å². The summed E-state index contributed by atoms with van der Waals surface area (Å²) in [6, 6.07) is 20.3. The minimum absolute atomic E-state index is 0.193. The van der Waals surface area contributed by atoms with Crippen molar-refractivity contribution in [1.29, 1.82) is 10.5 Å². The third-order valence-corrected chi connectivity index (χ3v) is 9.60. The van der Waals surface area contributed by atoms with E-state index in [1.54, 1.807) is 12.1 Å². The molecule has 0 atom stereocenters. The molecule has 2 aliphatic rings. The van der Waals surface area contributed by atoms with Crippen molar-refractivity contribution in [2.24, 2.45) is 5.92 Å². The molecule has 1 aromatic heterocycles. The van der Waals surface area contributed by atoms with Gasteiger partial charge in [0.1, 0.15) is 17.4 Å². The molecular weight excluding hydrogens is 600 g/mol. The molecule has 0 bridgehead atoms. The summed E-state index contributed by atoms with van der Waals surface area (Å²) in [5.74, 6) is 1.60. The molecule has 0 radical (unpaired) electrons. The maximum absolute atomic E-state index is 12.4. The summed E-state index contributed by atoms with van der Waals surface area (Å²) in [6.45, 7) is 18.9. The lowest BCUT2D eigenvalue weighted by molar-refractivity contribution is 0.0122. The number of piperidine rings is 1. The van der Waals surface area contributed by atoms with Gasteiger partial charge < -0.3 is 23.8 Å². The Hall–Kier alpha value is -4.31.